The molecule has 0 fully saturated rings. The molecule has 0 radical (unpaired) electrons. The molecular formula is C13H26-2. The smallest absolute Gasteiger partial charge is 0.0558 e. The average Bonchev–Trinajstić information content (AvgIpc) is 2.17. The van der Waals surface area contributed by atoms with Crippen molar-refractivity contribution in [2.75, 3.05) is 0 Å². The maximum atomic E-state index is 4.12. The molecule has 3 unspecified atom stereocenters. The number of hydrogen-bond donors (Lipinski definition) is 0. The highest BCUT2D eigenvalue weighted by Gasteiger charge is 2.04. The predicted molar refractivity (Wildman–Crippen MR) is 61.3 cm³/mol. The van der Waals surface area contributed by atoms with Gasteiger partial charge >= 0.3 is 0 Å². The van der Waals surface area contributed by atoms with Crippen molar-refractivity contribution < 1.29 is 0 Å². The minimum absolute atomic E-state index is 0.623. The van der Waals surface area contributed by atoms with E-state index >= 15 is 0 Å². The van der Waals surface area contributed by atoms with Crippen LogP contribution in [0.25, 0.3) is 0 Å². The van der Waals surface area contributed by atoms with Gasteiger partial charge in [-0.2, -0.15) is 11.8 Å². The third-order valence-electron chi connectivity index (χ3n) is 3.20. The predicted octanol–water partition coefficient (Wildman–Crippen LogP) is 4.51. The highest BCUT2D eigenvalue weighted by atomic mass is 14.2. The first-order chi connectivity index (χ1) is 6.15. The number of rotatable bonds is 7. The van der Waals surface area contributed by atoms with Crippen LogP contribution in [0.4, 0.5) is 0 Å². The van der Waals surface area contributed by atoms with Crippen molar-refractivity contribution in [1.29, 1.82) is 0 Å². The van der Waals surface area contributed by atoms with E-state index in [-0.39, 0.29) is 0 Å². The normalized spacial score (nSPS) is 18.2. The molecule has 0 rings (SSSR count). The summed E-state index contributed by atoms with van der Waals surface area (Å²) in [5, 5.41) is 0. The molecule has 0 spiro atoms. The molecule has 80 valence electrons. The molecule has 0 heteroatoms. The molecule has 0 saturated carbocycles. The minimum Gasteiger partial charge on any atom is -0.343 e. The van der Waals surface area contributed by atoms with E-state index in [4.69, 9.17) is 0 Å². The van der Waals surface area contributed by atoms with E-state index in [0.29, 0.717) is 5.92 Å². The van der Waals surface area contributed by atoms with Gasteiger partial charge in [-0.1, -0.05) is 52.9 Å². The monoisotopic (exact) mass is 182 g/mol. The van der Waals surface area contributed by atoms with Gasteiger partial charge in [0.05, 0.1) is 0 Å². The molecule has 0 aromatic carbocycles. The Labute approximate surface area is 85.1 Å². The van der Waals surface area contributed by atoms with Crippen LogP contribution in [-0.4, -0.2) is 0 Å². The van der Waals surface area contributed by atoms with Crippen LogP contribution in [0.1, 0.15) is 53.4 Å². The van der Waals surface area contributed by atoms with E-state index in [9.17, 15) is 0 Å². The molecule has 0 amide bonds. The second kappa shape index (κ2) is 7.41. The molecule has 13 heavy (non-hydrogen) atoms. The lowest BCUT2D eigenvalue weighted by Crippen LogP contribution is -2.12. The van der Waals surface area contributed by atoms with Gasteiger partial charge in [0.15, 0.2) is 0 Å². The van der Waals surface area contributed by atoms with E-state index in [1.165, 1.54) is 25.7 Å². The van der Waals surface area contributed by atoms with Crippen LogP contribution in [-0.2, 0) is 0 Å². The molecule has 0 aliphatic heterocycles. The molecule has 3 atom stereocenters. The van der Waals surface area contributed by atoms with Gasteiger partial charge in [0.2, 0.25) is 0 Å². The van der Waals surface area contributed by atoms with Crippen LogP contribution in [0.3, 0.4) is 0 Å². The van der Waals surface area contributed by atoms with Crippen molar-refractivity contribution >= 4 is 0 Å². The largest absolute Gasteiger partial charge is 0.343 e. The Morgan fingerprint density at radius 3 is 2.08 bits per heavy atom. The van der Waals surface area contributed by atoms with E-state index in [0.717, 1.165) is 11.8 Å². The van der Waals surface area contributed by atoms with Gasteiger partial charge in [-0.3, -0.25) is 0 Å². The maximum Gasteiger partial charge on any atom is -0.0558 e. The summed E-state index contributed by atoms with van der Waals surface area (Å²) in [6.07, 6.45) is 7.47. The fraction of sp³-hybridized carbons (Fsp3) is 0.846. The zero-order valence-corrected chi connectivity index (χ0v) is 9.84. The van der Waals surface area contributed by atoms with Gasteiger partial charge in [0.1, 0.15) is 0 Å². The lowest BCUT2D eigenvalue weighted by atomic mass is 9.84. The summed E-state index contributed by atoms with van der Waals surface area (Å²) in [4.78, 5) is 0. The summed E-state index contributed by atoms with van der Waals surface area (Å²) in [6.45, 7) is 13.3. The zero-order chi connectivity index (χ0) is 10.3. The van der Waals surface area contributed by atoms with Crippen LogP contribution < -0.4 is 0 Å². The molecule has 0 aliphatic carbocycles. The fourth-order valence-electron chi connectivity index (χ4n) is 1.64. The summed E-state index contributed by atoms with van der Waals surface area (Å²) >= 11 is 0. The Bertz CT molecular complexity index is 107. The first-order valence-electron chi connectivity index (χ1n) is 5.81. The van der Waals surface area contributed by atoms with Gasteiger partial charge in [-0.25, -0.2) is 6.42 Å². The third kappa shape index (κ3) is 5.33. The maximum absolute atomic E-state index is 4.12. The lowest BCUT2D eigenvalue weighted by Gasteiger charge is -2.34. The van der Waals surface area contributed by atoms with E-state index < -0.39 is 0 Å². The van der Waals surface area contributed by atoms with Crippen molar-refractivity contribution in [3.63, 3.8) is 0 Å². The fourth-order valence-corrected chi connectivity index (χ4v) is 1.64. The molecule has 0 bridgehead atoms. The van der Waals surface area contributed by atoms with Crippen LogP contribution in [0, 0.1) is 31.1 Å². The quantitative estimate of drug-likeness (QED) is 0.508. The Kier molecular flexibility index (Phi) is 7.41. The lowest BCUT2D eigenvalue weighted by molar-refractivity contribution is 0.363. The van der Waals surface area contributed by atoms with Crippen LogP contribution >= 0.6 is 0 Å². The minimum atomic E-state index is 0.623. The average molecular weight is 182 g/mol. The van der Waals surface area contributed by atoms with E-state index in [1.54, 1.807) is 0 Å². The van der Waals surface area contributed by atoms with Gasteiger partial charge in [-0.15, -0.1) is 0 Å². The van der Waals surface area contributed by atoms with Gasteiger partial charge in [0.25, 0.3) is 0 Å². The first-order valence-corrected chi connectivity index (χ1v) is 5.81. The standard InChI is InChI=1S/C13H26/c1-6-11(4)9-10-13(8-3)12(5)7-2/h10-13H,4,6-9H2,1-3,5H3/q-2. The molecule has 0 N–H and O–H groups in total. The van der Waals surface area contributed by atoms with Gasteiger partial charge < -0.3 is 13.3 Å². The van der Waals surface area contributed by atoms with E-state index in [1.807, 2.05) is 0 Å². The van der Waals surface area contributed by atoms with Crippen molar-refractivity contribution in [2.24, 2.45) is 17.8 Å². The highest BCUT2D eigenvalue weighted by molar-refractivity contribution is 4.81. The van der Waals surface area contributed by atoms with Crippen molar-refractivity contribution in [2.45, 2.75) is 53.4 Å². The summed E-state index contributed by atoms with van der Waals surface area (Å²) in [7, 11) is 0. The summed E-state index contributed by atoms with van der Waals surface area (Å²) < 4.78 is 0. The Morgan fingerprint density at radius 1 is 1.08 bits per heavy atom. The third-order valence-corrected chi connectivity index (χ3v) is 3.20. The second-order valence-corrected chi connectivity index (χ2v) is 4.20. The molecule has 0 nitrogen and oxygen atoms in total. The van der Waals surface area contributed by atoms with Gasteiger partial charge in [-0.05, 0) is 0 Å². The molecule has 0 saturated heterocycles. The topological polar surface area (TPSA) is 0 Å². The molecule has 0 aromatic rings. The van der Waals surface area contributed by atoms with Crippen molar-refractivity contribution in [1.82, 2.24) is 0 Å². The van der Waals surface area contributed by atoms with Crippen LogP contribution in [0.15, 0.2) is 0 Å². The second-order valence-electron chi connectivity index (χ2n) is 4.20. The Hall–Kier alpha value is 0. The summed E-state index contributed by atoms with van der Waals surface area (Å²) in [6, 6.07) is 0. The summed E-state index contributed by atoms with van der Waals surface area (Å²) in [5.41, 5.74) is 0. The molecular weight excluding hydrogens is 156 g/mol. The number of hydrogen-bond acceptors (Lipinski definition) is 0. The molecule has 0 aliphatic rings. The Balaban J connectivity index is 3.71. The first kappa shape index (κ1) is 13.0. The molecule has 0 aromatic heterocycles. The summed E-state index contributed by atoms with van der Waals surface area (Å²) in [5.74, 6) is 2.27. The Morgan fingerprint density at radius 2 is 1.69 bits per heavy atom. The highest BCUT2D eigenvalue weighted by Crippen LogP contribution is 2.25. The van der Waals surface area contributed by atoms with Crippen molar-refractivity contribution in [3.8, 4) is 0 Å². The van der Waals surface area contributed by atoms with Crippen LogP contribution in [0.5, 0.6) is 0 Å². The van der Waals surface area contributed by atoms with Crippen molar-refractivity contribution in [3.05, 3.63) is 13.3 Å². The molecule has 0 heterocycles. The van der Waals surface area contributed by atoms with Crippen LogP contribution in [0.2, 0.25) is 0 Å². The van der Waals surface area contributed by atoms with E-state index in [2.05, 4.69) is 41.0 Å². The SMILES string of the molecule is [CH2-]C(CC)C[CH-]C(CC)C(C)CC. The zero-order valence-electron chi connectivity index (χ0n) is 9.84. The van der Waals surface area contributed by atoms with Gasteiger partial charge in [0, 0.05) is 0 Å².